The van der Waals surface area contributed by atoms with Crippen molar-refractivity contribution in [1.82, 2.24) is 5.32 Å². The average Bonchev–Trinajstić information content (AvgIpc) is 3.02. The summed E-state index contributed by atoms with van der Waals surface area (Å²) in [6.45, 7) is 1.39. The van der Waals surface area contributed by atoms with Crippen molar-refractivity contribution in [1.29, 1.82) is 0 Å². The smallest absolute Gasteiger partial charge is 0.223 e. The van der Waals surface area contributed by atoms with E-state index in [2.05, 4.69) is 5.32 Å². The number of amides is 1. The van der Waals surface area contributed by atoms with E-state index in [0.29, 0.717) is 25.2 Å². The Morgan fingerprint density at radius 2 is 1.78 bits per heavy atom. The number of ether oxygens (including phenoxy) is 1. The van der Waals surface area contributed by atoms with Gasteiger partial charge < -0.3 is 10.1 Å². The Kier molecular flexibility index (Phi) is 3.88. The minimum absolute atomic E-state index is 0.273. The van der Waals surface area contributed by atoms with Crippen LogP contribution in [-0.2, 0) is 9.53 Å². The van der Waals surface area contributed by atoms with Crippen molar-refractivity contribution in [2.24, 2.45) is 17.8 Å². The zero-order chi connectivity index (χ0) is 12.4. The molecule has 3 aliphatic rings. The molecule has 0 aliphatic heterocycles. The van der Waals surface area contributed by atoms with Crippen LogP contribution in [-0.4, -0.2) is 25.2 Å². The predicted octanol–water partition coefficient (Wildman–Crippen LogP) is 2.50. The highest BCUT2D eigenvalue weighted by molar-refractivity contribution is 5.79. The molecule has 0 heterocycles. The highest BCUT2D eigenvalue weighted by atomic mass is 16.5. The van der Waals surface area contributed by atoms with Crippen molar-refractivity contribution in [2.75, 3.05) is 13.2 Å². The topological polar surface area (TPSA) is 38.3 Å². The van der Waals surface area contributed by atoms with Gasteiger partial charge in [-0.05, 0) is 43.9 Å². The quantitative estimate of drug-likeness (QED) is 0.762. The number of carbonyl (C=O) groups is 1. The molecule has 1 N–H and O–H groups in total. The van der Waals surface area contributed by atoms with Crippen molar-refractivity contribution in [3.63, 3.8) is 0 Å². The number of hydrogen-bond donors (Lipinski definition) is 1. The van der Waals surface area contributed by atoms with Gasteiger partial charge in [-0.15, -0.1) is 0 Å². The molecule has 3 fully saturated rings. The molecule has 3 saturated carbocycles. The Morgan fingerprint density at radius 1 is 1.06 bits per heavy atom. The number of rotatable bonds is 5. The van der Waals surface area contributed by atoms with Crippen LogP contribution in [0.3, 0.4) is 0 Å². The van der Waals surface area contributed by atoms with Gasteiger partial charge >= 0.3 is 0 Å². The maximum absolute atomic E-state index is 11.9. The fourth-order valence-electron chi connectivity index (χ4n) is 3.70. The predicted molar refractivity (Wildman–Crippen MR) is 70.2 cm³/mol. The van der Waals surface area contributed by atoms with Crippen molar-refractivity contribution < 1.29 is 9.53 Å². The van der Waals surface area contributed by atoms with E-state index in [4.69, 9.17) is 4.74 Å². The van der Waals surface area contributed by atoms with Crippen LogP contribution in [0.1, 0.15) is 51.4 Å². The highest BCUT2D eigenvalue weighted by Gasteiger charge is 2.47. The van der Waals surface area contributed by atoms with Crippen LogP contribution in [0, 0.1) is 17.8 Å². The second-order valence-electron chi connectivity index (χ2n) is 6.35. The molecule has 3 aliphatic carbocycles. The molecule has 0 aromatic carbocycles. The maximum atomic E-state index is 11.9. The van der Waals surface area contributed by atoms with Crippen LogP contribution in [0.4, 0.5) is 0 Å². The Balaban J connectivity index is 1.26. The molecule has 0 spiro atoms. The van der Waals surface area contributed by atoms with E-state index >= 15 is 0 Å². The fraction of sp³-hybridized carbons (Fsp3) is 0.933. The third-order valence-electron chi connectivity index (χ3n) is 4.92. The van der Waals surface area contributed by atoms with E-state index in [1.807, 2.05) is 0 Å². The molecule has 2 unspecified atom stereocenters. The van der Waals surface area contributed by atoms with E-state index in [0.717, 1.165) is 24.7 Å². The summed E-state index contributed by atoms with van der Waals surface area (Å²) in [5.41, 5.74) is 0. The van der Waals surface area contributed by atoms with Gasteiger partial charge in [-0.1, -0.05) is 19.3 Å². The van der Waals surface area contributed by atoms with Crippen molar-refractivity contribution >= 4 is 5.91 Å². The summed E-state index contributed by atoms with van der Waals surface area (Å²) < 4.78 is 5.81. The monoisotopic (exact) mass is 251 g/mol. The number of hydrogen-bond acceptors (Lipinski definition) is 2. The van der Waals surface area contributed by atoms with Gasteiger partial charge in [0.1, 0.15) is 0 Å². The Bertz CT molecular complexity index is 289. The molecule has 0 aromatic heterocycles. The van der Waals surface area contributed by atoms with Gasteiger partial charge in [-0.2, -0.15) is 0 Å². The van der Waals surface area contributed by atoms with E-state index in [1.54, 1.807) is 0 Å². The van der Waals surface area contributed by atoms with E-state index in [1.165, 1.54) is 38.5 Å². The summed E-state index contributed by atoms with van der Waals surface area (Å²) in [7, 11) is 0. The molecule has 18 heavy (non-hydrogen) atoms. The van der Waals surface area contributed by atoms with Gasteiger partial charge in [0.2, 0.25) is 5.91 Å². The molecular weight excluding hydrogens is 226 g/mol. The Hall–Kier alpha value is -0.570. The van der Waals surface area contributed by atoms with E-state index in [-0.39, 0.29) is 5.91 Å². The van der Waals surface area contributed by atoms with Crippen molar-refractivity contribution in [3.8, 4) is 0 Å². The summed E-state index contributed by atoms with van der Waals surface area (Å²) >= 11 is 0. The lowest BCUT2D eigenvalue weighted by Crippen LogP contribution is -2.33. The number of fused-ring (bicyclic) bond motifs is 1. The normalized spacial score (nSPS) is 35.2. The first-order chi connectivity index (χ1) is 8.83. The largest absolute Gasteiger partial charge is 0.376 e. The second kappa shape index (κ2) is 5.60. The minimum Gasteiger partial charge on any atom is -0.376 e. The van der Waals surface area contributed by atoms with E-state index in [9.17, 15) is 4.79 Å². The average molecular weight is 251 g/mol. The lowest BCUT2D eigenvalue weighted by atomic mass is 9.98. The van der Waals surface area contributed by atoms with Crippen LogP contribution in [0.25, 0.3) is 0 Å². The Morgan fingerprint density at radius 3 is 2.50 bits per heavy atom. The molecule has 1 amide bonds. The van der Waals surface area contributed by atoms with Gasteiger partial charge in [-0.3, -0.25) is 4.79 Å². The van der Waals surface area contributed by atoms with Crippen molar-refractivity contribution in [3.05, 3.63) is 0 Å². The summed E-state index contributed by atoms with van der Waals surface area (Å²) in [5, 5.41) is 3.04. The first-order valence-electron chi connectivity index (χ1n) is 7.72. The minimum atomic E-state index is 0.273. The molecule has 0 bridgehead atoms. The molecule has 3 heteroatoms. The first kappa shape index (κ1) is 12.5. The van der Waals surface area contributed by atoms with Gasteiger partial charge in [0.25, 0.3) is 0 Å². The second-order valence-corrected chi connectivity index (χ2v) is 6.35. The third kappa shape index (κ3) is 3.05. The SMILES string of the molecule is O=C(NCCOC1CCCCC1)C1CC2CC2C1. The lowest BCUT2D eigenvalue weighted by Gasteiger charge is -2.22. The molecule has 3 rings (SSSR count). The van der Waals surface area contributed by atoms with Crippen molar-refractivity contribution in [2.45, 2.75) is 57.5 Å². The van der Waals surface area contributed by atoms with Gasteiger partial charge in [0, 0.05) is 12.5 Å². The molecule has 102 valence electrons. The van der Waals surface area contributed by atoms with E-state index < -0.39 is 0 Å². The molecule has 0 saturated heterocycles. The fourth-order valence-corrected chi connectivity index (χ4v) is 3.70. The highest BCUT2D eigenvalue weighted by Crippen LogP contribution is 2.54. The molecule has 2 atom stereocenters. The van der Waals surface area contributed by atoms with Gasteiger partial charge in [0.15, 0.2) is 0 Å². The zero-order valence-electron chi connectivity index (χ0n) is 11.2. The molecule has 0 aromatic rings. The maximum Gasteiger partial charge on any atom is 0.223 e. The van der Waals surface area contributed by atoms with Gasteiger partial charge in [0.05, 0.1) is 12.7 Å². The standard InChI is InChI=1S/C15H25NO2/c17-15(13-9-11-8-12(11)10-13)16-6-7-18-14-4-2-1-3-5-14/h11-14H,1-10H2,(H,16,17). The summed E-state index contributed by atoms with van der Waals surface area (Å²) in [6.07, 6.45) is 10.5. The summed E-state index contributed by atoms with van der Waals surface area (Å²) in [4.78, 5) is 11.9. The molecule has 0 radical (unpaired) electrons. The number of nitrogens with one attached hydrogen (secondary N) is 1. The Labute approximate surface area is 110 Å². The lowest BCUT2D eigenvalue weighted by molar-refractivity contribution is -0.125. The first-order valence-corrected chi connectivity index (χ1v) is 7.72. The van der Waals surface area contributed by atoms with Crippen LogP contribution in [0.2, 0.25) is 0 Å². The molecular formula is C15H25NO2. The van der Waals surface area contributed by atoms with Gasteiger partial charge in [-0.25, -0.2) is 0 Å². The zero-order valence-corrected chi connectivity index (χ0v) is 11.2. The van der Waals surface area contributed by atoms with Crippen LogP contribution in [0.15, 0.2) is 0 Å². The van der Waals surface area contributed by atoms with Crippen LogP contribution in [0.5, 0.6) is 0 Å². The summed E-state index contributed by atoms with van der Waals surface area (Å²) in [5.74, 6) is 2.36. The third-order valence-corrected chi connectivity index (χ3v) is 4.92. The van der Waals surface area contributed by atoms with Crippen LogP contribution < -0.4 is 5.32 Å². The molecule has 3 nitrogen and oxygen atoms in total. The summed E-state index contributed by atoms with van der Waals surface area (Å²) in [6, 6.07) is 0. The number of carbonyl (C=O) groups excluding carboxylic acids is 1. The van der Waals surface area contributed by atoms with Crippen LogP contribution >= 0.6 is 0 Å².